The molecule has 0 N–H and O–H groups in total. The first-order chi connectivity index (χ1) is 9.15. The summed E-state index contributed by atoms with van der Waals surface area (Å²) < 4.78 is 27.1. The molecule has 2 aromatic heterocycles. The zero-order chi connectivity index (χ0) is 13.4. The van der Waals surface area contributed by atoms with Crippen molar-refractivity contribution in [2.75, 3.05) is 0 Å². The fourth-order valence-electron chi connectivity index (χ4n) is 1.80. The maximum Gasteiger partial charge on any atom is 0.223 e. The quantitative estimate of drug-likeness (QED) is 0.638. The summed E-state index contributed by atoms with van der Waals surface area (Å²) in [6, 6.07) is 6.17. The van der Waals surface area contributed by atoms with E-state index in [2.05, 4.69) is 15.0 Å². The number of fused-ring (bicyclic) bond motifs is 1. The third kappa shape index (κ3) is 2.13. The summed E-state index contributed by atoms with van der Waals surface area (Å²) in [7, 11) is 0. The van der Waals surface area contributed by atoms with E-state index in [-0.39, 0.29) is 16.5 Å². The van der Waals surface area contributed by atoms with Crippen LogP contribution in [0.15, 0.2) is 36.7 Å². The Labute approximate surface area is 111 Å². The first-order valence-electron chi connectivity index (χ1n) is 5.38. The highest BCUT2D eigenvalue weighted by atomic mass is 35.5. The number of nitrogens with zero attached hydrogens (tertiary/aromatic N) is 3. The molecule has 1 aromatic carbocycles. The van der Waals surface area contributed by atoms with Crippen LogP contribution in [0.2, 0.25) is 5.28 Å². The number of benzene rings is 1. The number of pyridine rings is 1. The standard InChI is InChI=1S/C13H6ClF2N3/c14-13-18-6-10(16)12(19-13)8-4-7-2-1-3-9(15)11(7)17-5-8/h1-6H. The van der Waals surface area contributed by atoms with Crippen molar-refractivity contribution in [2.45, 2.75) is 0 Å². The van der Waals surface area contributed by atoms with Crippen molar-refractivity contribution in [1.82, 2.24) is 15.0 Å². The second-order valence-corrected chi connectivity index (χ2v) is 4.21. The lowest BCUT2D eigenvalue weighted by molar-refractivity contribution is 0.618. The van der Waals surface area contributed by atoms with E-state index in [1.165, 1.54) is 12.3 Å². The summed E-state index contributed by atoms with van der Waals surface area (Å²) in [6.45, 7) is 0. The Bertz CT molecular complexity index is 777. The number of para-hydroxylation sites is 1. The van der Waals surface area contributed by atoms with Gasteiger partial charge in [0.25, 0.3) is 0 Å². The zero-order valence-electron chi connectivity index (χ0n) is 9.44. The second-order valence-electron chi connectivity index (χ2n) is 3.87. The molecular weight excluding hydrogens is 272 g/mol. The van der Waals surface area contributed by atoms with Gasteiger partial charge in [-0.2, -0.15) is 0 Å². The summed E-state index contributed by atoms with van der Waals surface area (Å²) in [5.74, 6) is -1.04. The van der Waals surface area contributed by atoms with Crippen LogP contribution in [0.25, 0.3) is 22.2 Å². The van der Waals surface area contributed by atoms with E-state index in [0.717, 1.165) is 6.20 Å². The normalized spacial score (nSPS) is 10.9. The van der Waals surface area contributed by atoms with Gasteiger partial charge in [0.05, 0.1) is 6.20 Å². The van der Waals surface area contributed by atoms with E-state index in [0.29, 0.717) is 10.9 Å². The Hall–Kier alpha value is -2.14. The van der Waals surface area contributed by atoms with Crippen LogP contribution in [0, 0.1) is 11.6 Å². The molecule has 0 fully saturated rings. The Morgan fingerprint density at radius 1 is 1.00 bits per heavy atom. The highest BCUT2D eigenvalue weighted by molar-refractivity contribution is 6.28. The molecule has 3 aromatic rings. The number of hydrogen-bond donors (Lipinski definition) is 0. The summed E-state index contributed by atoms with van der Waals surface area (Å²) in [4.78, 5) is 11.3. The smallest absolute Gasteiger partial charge is 0.223 e. The maximum absolute atomic E-state index is 13.6. The predicted octanol–water partition coefficient (Wildman–Crippen LogP) is 3.62. The molecule has 3 rings (SSSR count). The summed E-state index contributed by atoms with van der Waals surface area (Å²) >= 11 is 5.64. The topological polar surface area (TPSA) is 38.7 Å². The second kappa shape index (κ2) is 4.51. The Kier molecular flexibility index (Phi) is 2.83. The van der Waals surface area contributed by atoms with Gasteiger partial charge in [-0.1, -0.05) is 12.1 Å². The Balaban J connectivity index is 2.23. The molecule has 0 saturated carbocycles. The SMILES string of the molecule is Fc1cnc(Cl)nc1-c1cnc2c(F)cccc2c1. The van der Waals surface area contributed by atoms with E-state index < -0.39 is 11.6 Å². The fourth-order valence-corrected chi connectivity index (χ4v) is 1.93. The average Bonchev–Trinajstić information content (AvgIpc) is 2.41. The van der Waals surface area contributed by atoms with Crippen molar-refractivity contribution < 1.29 is 8.78 Å². The van der Waals surface area contributed by atoms with Crippen molar-refractivity contribution in [3.8, 4) is 11.3 Å². The molecule has 0 bridgehead atoms. The molecule has 2 heterocycles. The first kappa shape index (κ1) is 11.9. The van der Waals surface area contributed by atoms with Gasteiger partial charge in [0.1, 0.15) is 17.0 Å². The van der Waals surface area contributed by atoms with Crippen molar-refractivity contribution in [3.05, 3.63) is 53.6 Å². The van der Waals surface area contributed by atoms with Crippen molar-refractivity contribution in [1.29, 1.82) is 0 Å². The van der Waals surface area contributed by atoms with Crippen LogP contribution in [0.1, 0.15) is 0 Å². The molecule has 6 heteroatoms. The summed E-state index contributed by atoms with van der Waals surface area (Å²) in [5, 5.41) is 0.502. The molecule has 0 spiro atoms. The lowest BCUT2D eigenvalue weighted by Gasteiger charge is -2.04. The van der Waals surface area contributed by atoms with Crippen LogP contribution < -0.4 is 0 Å². The van der Waals surface area contributed by atoms with Gasteiger partial charge >= 0.3 is 0 Å². The van der Waals surface area contributed by atoms with Gasteiger partial charge in [0.15, 0.2) is 5.82 Å². The minimum atomic E-state index is -0.609. The molecule has 0 aliphatic heterocycles. The van der Waals surface area contributed by atoms with Crippen LogP contribution >= 0.6 is 11.6 Å². The van der Waals surface area contributed by atoms with Crippen LogP contribution in [-0.4, -0.2) is 15.0 Å². The zero-order valence-corrected chi connectivity index (χ0v) is 10.2. The molecule has 0 aliphatic carbocycles. The average molecular weight is 278 g/mol. The van der Waals surface area contributed by atoms with Crippen molar-refractivity contribution >= 4 is 22.5 Å². The van der Waals surface area contributed by atoms with Crippen LogP contribution in [-0.2, 0) is 0 Å². The monoisotopic (exact) mass is 277 g/mol. The molecule has 94 valence electrons. The molecule has 0 atom stereocenters. The van der Waals surface area contributed by atoms with Gasteiger partial charge in [-0.25, -0.2) is 18.7 Å². The van der Waals surface area contributed by atoms with E-state index in [1.54, 1.807) is 18.2 Å². The van der Waals surface area contributed by atoms with Crippen LogP contribution in [0.3, 0.4) is 0 Å². The molecule has 3 nitrogen and oxygen atoms in total. The highest BCUT2D eigenvalue weighted by Gasteiger charge is 2.11. The van der Waals surface area contributed by atoms with Gasteiger partial charge in [0.2, 0.25) is 5.28 Å². The minimum Gasteiger partial charge on any atom is -0.252 e. The van der Waals surface area contributed by atoms with Crippen LogP contribution in [0.4, 0.5) is 8.78 Å². The van der Waals surface area contributed by atoms with Crippen molar-refractivity contribution in [2.24, 2.45) is 0 Å². The van der Waals surface area contributed by atoms with E-state index in [1.807, 2.05) is 0 Å². The molecule has 19 heavy (non-hydrogen) atoms. The Morgan fingerprint density at radius 2 is 1.84 bits per heavy atom. The lowest BCUT2D eigenvalue weighted by Crippen LogP contribution is -1.94. The third-order valence-electron chi connectivity index (χ3n) is 2.65. The first-order valence-corrected chi connectivity index (χ1v) is 5.75. The number of rotatable bonds is 1. The van der Waals surface area contributed by atoms with Crippen molar-refractivity contribution in [3.63, 3.8) is 0 Å². The van der Waals surface area contributed by atoms with E-state index in [4.69, 9.17) is 11.6 Å². The molecular formula is C13H6ClF2N3. The van der Waals surface area contributed by atoms with Gasteiger partial charge in [-0.15, -0.1) is 0 Å². The largest absolute Gasteiger partial charge is 0.252 e. The fraction of sp³-hybridized carbons (Fsp3) is 0. The molecule has 0 amide bonds. The summed E-state index contributed by atoms with van der Waals surface area (Å²) in [5.41, 5.74) is 0.686. The predicted molar refractivity (Wildman–Crippen MR) is 67.7 cm³/mol. The molecule has 0 saturated heterocycles. The Morgan fingerprint density at radius 3 is 2.68 bits per heavy atom. The molecule has 0 aliphatic rings. The number of halogens is 3. The number of aromatic nitrogens is 3. The van der Waals surface area contributed by atoms with E-state index >= 15 is 0 Å². The highest BCUT2D eigenvalue weighted by Crippen LogP contribution is 2.24. The van der Waals surface area contributed by atoms with Gasteiger partial charge < -0.3 is 0 Å². The number of hydrogen-bond acceptors (Lipinski definition) is 3. The van der Waals surface area contributed by atoms with E-state index in [9.17, 15) is 8.78 Å². The third-order valence-corrected chi connectivity index (χ3v) is 2.83. The van der Waals surface area contributed by atoms with Gasteiger partial charge in [0, 0.05) is 17.1 Å². The molecule has 0 unspecified atom stereocenters. The summed E-state index contributed by atoms with van der Waals surface area (Å²) in [6.07, 6.45) is 2.34. The van der Waals surface area contributed by atoms with Gasteiger partial charge in [-0.3, -0.25) is 4.98 Å². The van der Waals surface area contributed by atoms with Gasteiger partial charge in [-0.05, 0) is 23.7 Å². The maximum atomic E-state index is 13.6. The van der Waals surface area contributed by atoms with Crippen LogP contribution in [0.5, 0.6) is 0 Å². The molecule has 0 radical (unpaired) electrons. The minimum absolute atomic E-state index is 0.0404. The lowest BCUT2D eigenvalue weighted by atomic mass is 10.1.